The number of halogens is 1. The lowest BCUT2D eigenvalue weighted by Crippen LogP contribution is -2.25. The Morgan fingerprint density at radius 1 is 1.12 bits per heavy atom. The lowest BCUT2D eigenvalue weighted by atomic mass is 10.0. The number of hydrogen-bond acceptors (Lipinski definition) is 7. The predicted molar refractivity (Wildman–Crippen MR) is 124 cm³/mol. The summed E-state index contributed by atoms with van der Waals surface area (Å²) in [5.41, 5.74) is 3.93. The van der Waals surface area contributed by atoms with Crippen LogP contribution in [0.2, 0.25) is 0 Å². The lowest BCUT2D eigenvalue weighted by molar-refractivity contribution is 0.412. The highest BCUT2D eigenvalue weighted by Gasteiger charge is 2.28. The molecular formula is C24H24FN7O. The molecule has 1 saturated heterocycles. The Labute approximate surface area is 190 Å². The second kappa shape index (κ2) is 8.85. The van der Waals surface area contributed by atoms with Gasteiger partial charge in [0.25, 0.3) is 0 Å². The Balaban J connectivity index is 1.34. The van der Waals surface area contributed by atoms with Gasteiger partial charge in [-0.15, -0.1) is 0 Å². The van der Waals surface area contributed by atoms with Gasteiger partial charge in [0, 0.05) is 18.2 Å². The summed E-state index contributed by atoms with van der Waals surface area (Å²) in [7, 11) is 1.66. The first-order chi connectivity index (χ1) is 16.1. The third-order valence-electron chi connectivity index (χ3n) is 5.86. The van der Waals surface area contributed by atoms with Crippen molar-refractivity contribution in [1.82, 2.24) is 25.1 Å². The number of H-pyrrole nitrogens is 1. The quantitative estimate of drug-likeness (QED) is 0.440. The van der Waals surface area contributed by atoms with Gasteiger partial charge in [-0.2, -0.15) is 10.1 Å². The highest BCUT2D eigenvalue weighted by Crippen LogP contribution is 2.34. The van der Waals surface area contributed by atoms with Crippen molar-refractivity contribution in [2.75, 3.05) is 23.9 Å². The van der Waals surface area contributed by atoms with Crippen molar-refractivity contribution in [3.8, 4) is 17.0 Å². The van der Waals surface area contributed by atoms with E-state index in [1.54, 1.807) is 7.11 Å². The zero-order valence-corrected chi connectivity index (χ0v) is 18.4. The zero-order valence-electron chi connectivity index (χ0n) is 18.4. The van der Waals surface area contributed by atoms with Gasteiger partial charge >= 0.3 is 0 Å². The van der Waals surface area contributed by atoms with E-state index in [4.69, 9.17) is 4.74 Å². The Bertz CT molecular complexity index is 1260. The van der Waals surface area contributed by atoms with Crippen molar-refractivity contribution >= 4 is 17.7 Å². The minimum Gasteiger partial charge on any atom is -0.496 e. The summed E-state index contributed by atoms with van der Waals surface area (Å²) >= 11 is 0. The predicted octanol–water partition coefficient (Wildman–Crippen LogP) is 4.80. The molecule has 9 heteroatoms. The van der Waals surface area contributed by atoms with Crippen molar-refractivity contribution in [1.29, 1.82) is 0 Å². The maximum atomic E-state index is 13.3. The molecule has 2 aromatic carbocycles. The van der Waals surface area contributed by atoms with Gasteiger partial charge in [0.1, 0.15) is 17.9 Å². The van der Waals surface area contributed by atoms with Crippen molar-refractivity contribution in [3.05, 3.63) is 71.8 Å². The Morgan fingerprint density at radius 2 is 1.97 bits per heavy atom. The molecule has 1 aliphatic rings. The zero-order chi connectivity index (χ0) is 22.8. The maximum absolute atomic E-state index is 13.3. The number of benzene rings is 2. The molecule has 2 aromatic heterocycles. The molecule has 0 radical (unpaired) electrons. The molecule has 1 aliphatic heterocycles. The molecule has 1 fully saturated rings. The lowest BCUT2D eigenvalue weighted by Gasteiger charge is -2.25. The molecule has 1 unspecified atom stereocenters. The van der Waals surface area contributed by atoms with Gasteiger partial charge in [-0.25, -0.2) is 14.4 Å². The van der Waals surface area contributed by atoms with E-state index >= 15 is 0 Å². The number of hydrogen-bond donors (Lipinski definition) is 2. The number of aromatic amines is 1. The number of rotatable bonds is 6. The van der Waals surface area contributed by atoms with Crippen molar-refractivity contribution < 1.29 is 9.13 Å². The monoisotopic (exact) mass is 445 g/mol. The Kier molecular flexibility index (Phi) is 5.60. The highest BCUT2D eigenvalue weighted by atomic mass is 19.1. The molecule has 0 spiro atoms. The number of methoxy groups -OCH3 is 1. The largest absolute Gasteiger partial charge is 0.496 e. The molecule has 5 rings (SSSR count). The van der Waals surface area contributed by atoms with Crippen LogP contribution in [-0.2, 0) is 0 Å². The Hall–Kier alpha value is -4.01. The number of nitrogens with zero attached hydrogens (tertiary/aromatic N) is 5. The molecule has 8 nitrogen and oxygen atoms in total. The summed E-state index contributed by atoms with van der Waals surface area (Å²) in [6.07, 6.45) is 3.46. The van der Waals surface area contributed by atoms with Crippen LogP contribution in [0.1, 0.15) is 30.0 Å². The number of aromatic nitrogens is 5. The van der Waals surface area contributed by atoms with Crippen LogP contribution in [-0.4, -0.2) is 38.8 Å². The first-order valence-corrected chi connectivity index (χ1v) is 10.8. The van der Waals surface area contributed by atoms with E-state index in [1.165, 1.54) is 18.5 Å². The van der Waals surface area contributed by atoms with Crippen LogP contribution >= 0.6 is 0 Å². The van der Waals surface area contributed by atoms with Crippen molar-refractivity contribution in [2.24, 2.45) is 0 Å². The van der Waals surface area contributed by atoms with E-state index in [9.17, 15) is 4.39 Å². The van der Waals surface area contributed by atoms with Gasteiger partial charge < -0.3 is 15.0 Å². The summed E-state index contributed by atoms with van der Waals surface area (Å²) in [5, 5.41) is 10.5. The second-order valence-electron chi connectivity index (χ2n) is 7.99. The van der Waals surface area contributed by atoms with Crippen LogP contribution in [0.25, 0.3) is 11.3 Å². The average molecular weight is 446 g/mol. The van der Waals surface area contributed by atoms with Gasteiger partial charge in [-0.05, 0) is 49.1 Å². The fourth-order valence-electron chi connectivity index (χ4n) is 4.16. The van der Waals surface area contributed by atoms with Gasteiger partial charge in [0.05, 0.1) is 18.8 Å². The second-order valence-corrected chi connectivity index (χ2v) is 7.99. The van der Waals surface area contributed by atoms with E-state index in [0.29, 0.717) is 17.7 Å². The first kappa shape index (κ1) is 20.9. The smallest absolute Gasteiger partial charge is 0.233 e. The molecule has 3 heterocycles. The van der Waals surface area contributed by atoms with Crippen LogP contribution in [0.15, 0.2) is 54.9 Å². The summed E-state index contributed by atoms with van der Waals surface area (Å²) < 4.78 is 18.8. The van der Waals surface area contributed by atoms with Crippen molar-refractivity contribution in [2.45, 2.75) is 25.8 Å². The molecule has 4 aromatic rings. The number of anilines is 3. The fraction of sp³-hybridized carbons (Fsp3) is 0.250. The standard InChI is InChI=1S/C24H24FN7O/c1-15-5-6-17(12-21(15)33-2)19-13-22(31-30-19)28-23-26-14-27-24(29-23)32-11-3-4-20(32)16-7-9-18(25)10-8-16/h5-10,12-14,20H,3-4,11H2,1-2H3,(H2,26,27,28,29,30,31). The molecule has 0 saturated carbocycles. The van der Waals surface area contributed by atoms with Gasteiger partial charge in [-0.3, -0.25) is 5.10 Å². The summed E-state index contributed by atoms with van der Waals surface area (Å²) in [4.78, 5) is 15.4. The molecule has 33 heavy (non-hydrogen) atoms. The van der Waals surface area contributed by atoms with Crippen molar-refractivity contribution in [3.63, 3.8) is 0 Å². The van der Waals surface area contributed by atoms with Crippen LogP contribution < -0.4 is 15.0 Å². The molecule has 0 bridgehead atoms. The number of ether oxygens (including phenoxy) is 1. The van der Waals surface area contributed by atoms with Crippen LogP contribution in [0, 0.1) is 12.7 Å². The third kappa shape index (κ3) is 4.34. The average Bonchev–Trinajstić information content (AvgIpc) is 3.50. The van der Waals surface area contributed by atoms with E-state index in [1.807, 2.05) is 43.3 Å². The minimum atomic E-state index is -0.239. The third-order valence-corrected chi connectivity index (χ3v) is 5.86. The number of nitrogens with one attached hydrogen (secondary N) is 2. The van der Waals surface area contributed by atoms with E-state index < -0.39 is 0 Å². The molecule has 0 aliphatic carbocycles. The first-order valence-electron chi connectivity index (χ1n) is 10.8. The summed E-state index contributed by atoms with van der Waals surface area (Å²) in [5.74, 6) is 2.17. The van der Waals surface area contributed by atoms with E-state index in [2.05, 4.69) is 35.4 Å². The normalized spacial score (nSPS) is 15.6. The van der Waals surface area contributed by atoms with Gasteiger partial charge in [0.15, 0.2) is 5.82 Å². The summed E-state index contributed by atoms with van der Waals surface area (Å²) in [6, 6.07) is 14.6. The van der Waals surface area contributed by atoms with Crippen LogP contribution in [0.5, 0.6) is 5.75 Å². The minimum absolute atomic E-state index is 0.106. The SMILES string of the molecule is COc1cc(-c2cc(Nc3ncnc(N4CCCC4c4ccc(F)cc4)n3)n[nH]2)ccc1C. The fourth-order valence-corrected chi connectivity index (χ4v) is 4.16. The van der Waals surface area contributed by atoms with Crippen LogP contribution in [0.3, 0.4) is 0 Å². The number of aryl methyl sites for hydroxylation is 1. The topological polar surface area (TPSA) is 91.8 Å². The molecule has 168 valence electrons. The van der Waals surface area contributed by atoms with Gasteiger partial charge in [0.2, 0.25) is 11.9 Å². The molecule has 0 amide bonds. The van der Waals surface area contributed by atoms with Crippen LogP contribution in [0.4, 0.5) is 22.1 Å². The summed E-state index contributed by atoms with van der Waals surface area (Å²) in [6.45, 7) is 2.83. The molecular weight excluding hydrogens is 421 g/mol. The van der Waals surface area contributed by atoms with Gasteiger partial charge in [-0.1, -0.05) is 24.3 Å². The maximum Gasteiger partial charge on any atom is 0.233 e. The molecule has 1 atom stereocenters. The molecule has 2 N–H and O–H groups in total. The van der Waals surface area contributed by atoms with E-state index in [0.717, 1.165) is 47.5 Å². The highest BCUT2D eigenvalue weighted by molar-refractivity contribution is 5.66. The van der Waals surface area contributed by atoms with E-state index in [-0.39, 0.29) is 11.9 Å². The Morgan fingerprint density at radius 3 is 2.79 bits per heavy atom.